The standard InChI is InChI=1S/C14H12BrNO3S2/c1-21(17,18)10-7-5-9(6-8-10)19-12-4-2-3-11(15)13(12)14(16)20/h2-8H,1H3,(H2,16,20). The van der Waals surface area contributed by atoms with Crippen molar-refractivity contribution < 1.29 is 13.2 Å². The number of sulfone groups is 1. The maximum atomic E-state index is 11.4. The zero-order valence-corrected chi connectivity index (χ0v) is 14.3. The Kier molecular flexibility index (Phi) is 4.65. The monoisotopic (exact) mass is 385 g/mol. The van der Waals surface area contributed by atoms with Gasteiger partial charge in [0, 0.05) is 10.7 Å². The van der Waals surface area contributed by atoms with Crippen molar-refractivity contribution in [1.29, 1.82) is 0 Å². The second-order valence-corrected chi connectivity index (χ2v) is 7.63. The van der Waals surface area contributed by atoms with Crippen LogP contribution in [-0.4, -0.2) is 19.7 Å². The van der Waals surface area contributed by atoms with Gasteiger partial charge in [-0.2, -0.15) is 0 Å². The first-order valence-corrected chi connectivity index (χ1v) is 8.94. The largest absolute Gasteiger partial charge is 0.457 e. The fourth-order valence-electron chi connectivity index (χ4n) is 1.71. The van der Waals surface area contributed by atoms with Crippen molar-refractivity contribution in [2.24, 2.45) is 5.73 Å². The molecule has 0 bridgehead atoms. The van der Waals surface area contributed by atoms with E-state index >= 15 is 0 Å². The van der Waals surface area contributed by atoms with E-state index in [4.69, 9.17) is 22.7 Å². The Hall–Kier alpha value is -1.44. The highest BCUT2D eigenvalue weighted by molar-refractivity contribution is 9.10. The summed E-state index contributed by atoms with van der Waals surface area (Å²) in [5.74, 6) is 1.00. The maximum absolute atomic E-state index is 11.4. The molecule has 0 saturated heterocycles. The number of hydrogen-bond donors (Lipinski definition) is 1. The molecular weight excluding hydrogens is 374 g/mol. The summed E-state index contributed by atoms with van der Waals surface area (Å²) in [5, 5.41) is 0. The summed E-state index contributed by atoms with van der Waals surface area (Å²) in [6.45, 7) is 0. The number of hydrogen-bond acceptors (Lipinski definition) is 4. The predicted molar refractivity (Wildman–Crippen MR) is 89.7 cm³/mol. The highest BCUT2D eigenvalue weighted by Crippen LogP contribution is 2.31. The van der Waals surface area contributed by atoms with Gasteiger partial charge in [-0.05, 0) is 52.3 Å². The molecule has 0 heterocycles. The number of rotatable bonds is 4. The molecule has 0 unspecified atom stereocenters. The highest BCUT2D eigenvalue weighted by atomic mass is 79.9. The molecule has 4 nitrogen and oxygen atoms in total. The second kappa shape index (κ2) is 6.13. The number of benzene rings is 2. The molecule has 7 heteroatoms. The first kappa shape index (κ1) is 15.9. The van der Waals surface area contributed by atoms with Crippen LogP contribution in [0.15, 0.2) is 51.8 Å². The van der Waals surface area contributed by atoms with Gasteiger partial charge in [0.1, 0.15) is 16.5 Å². The van der Waals surface area contributed by atoms with Crippen molar-refractivity contribution >= 4 is 43.0 Å². The molecule has 0 radical (unpaired) electrons. The lowest BCUT2D eigenvalue weighted by molar-refractivity contribution is 0.481. The Labute approximate surface area is 137 Å². The molecule has 0 spiro atoms. The summed E-state index contributed by atoms with van der Waals surface area (Å²) in [6.07, 6.45) is 1.15. The topological polar surface area (TPSA) is 69.4 Å². The van der Waals surface area contributed by atoms with Crippen LogP contribution in [0.3, 0.4) is 0 Å². The SMILES string of the molecule is CS(=O)(=O)c1ccc(Oc2cccc(Br)c2C(N)=S)cc1. The lowest BCUT2D eigenvalue weighted by atomic mass is 10.2. The third-order valence-corrected chi connectivity index (χ3v) is 4.69. The fourth-order valence-corrected chi connectivity index (χ4v) is 3.24. The molecule has 0 aliphatic heterocycles. The van der Waals surface area contributed by atoms with Crippen molar-refractivity contribution in [2.45, 2.75) is 4.90 Å². The number of ether oxygens (including phenoxy) is 1. The van der Waals surface area contributed by atoms with E-state index < -0.39 is 9.84 Å². The number of thiocarbonyl (C=S) groups is 1. The van der Waals surface area contributed by atoms with Gasteiger partial charge in [-0.25, -0.2) is 8.42 Å². The van der Waals surface area contributed by atoms with Gasteiger partial charge in [0.2, 0.25) is 0 Å². The second-order valence-electron chi connectivity index (χ2n) is 4.32. The third kappa shape index (κ3) is 3.81. The zero-order valence-electron chi connectivity index (χ0n) is 11.0. The Bertz CT molecular complexity index is 786. The van der Waals surface area contributed by atoms with Crippen LogP contribution < -0.4 is 10.5 Å². The average Bonchev–Trinajstić information content (AvgIpc) is 2.38. The highest BCUT2D eigenvalue weighted by Gasteiger charge is 2.12. The quantitative estimate of drug-likeness (QED) is 0.817. The Balaban J connectivity index is 2.35. The van der Waals surface area contributed by atoms with Gasteiger partial charge in [-0.15, -0.1) is 0 Å². The van der Waals surface area contributed by atoms with Gasteiger partial charge in [-0.3, -0.25) is 0 Å². The molecule has 0 amide bonds. The Morgan fingerprint density at radius 1 is 1.19 bits per heavy atom. The molecular formula is C14H12BrNO3S2. The van der Waals surface area contributed by atoms with Crippen molar-refractivity contribution in [3.05, 3.63) is 52.5 Å². The predicted octanol–water partition coefficient (Wildman–Crippen LogP) is 3.28. The molecule has 21 heavy (non-hydrogen) atoms. The van der Waals surface area contributed by atoms with E-state index in [-0.39, 0.29) is 9.88 Å². The van der Waals surface area contributed by atoms with Gasteiger partial charge >= 0.3 is 0 Å². The summed E-state index contributed by atoms with van der Waals surface area (Å²) in [7, 11) is -3.22. The van der Waals surface area contributed by atoms with E-state index in [2.05, 4.69) is 15.9 Å². The van der Waals surface area contributed by atoms with Crippen molar-refractivity contribution in [2.75, 3.05) is 6.26 Å². The molecule has 0 aliphatic carbocycles. The van der Waals surface area contributed by atoms with Gasteiger partial charge in [0.15, 0.2) is 9.84 Å². The van der Waals surface area contributed by atoms with E-state index in [1.165, 1.54) is 12.1 Å². The van der Waals surface area contributed by atoms with Crippen molar-refractivity contribution in [3.63, 3.8) is 0 Å². The molecule has 0 aromatic heterocycles. The van der Waals surface area contributed by atoms with E-state index in [0.717, 1.165) is 10.7 Å². The lowest BCUT2D eigenvalue weighted by Gasteiger charge is -2.12. The molecule has 2 N–H and O–H groups in total. The van der Waals surface area contributed by atoms with E-state index in [1.54, 1.807) is 24.3 Å². The first-order chi connectivity index (χ1) is 9.79. The van der Waals surface area contributed by atoms with Crippen LogP contribution in [0.25, 0.3) is 0 Å². The molecule has 0 atom stereocenters. The van der Waals surface area contributed by atoms with Crippen molar-refractivity contribution in [1.82, 2.24) is 0 Å². The van der Waals surface area contributed by atoms with Gasteiger partial charge < -0.3 is 10.5 Å². The first-order valence-electron chi connectivity index (χ1n) is 5.85. The van der Waals surface area contributed by atoms with Gasteiger partial charge in [-0.1, -0.05) is 18.3 Å². The van der Waals surface area contributed by atoms with Crippen LogP contribution in [0.2, 0.25) is 0 Å². The average molecular weight is 386 g/mol. The van der Waals surface area contributed by atoms with E-state index in [0.29, 0.717) is 17.1 Å². The molecule has 0 fully saturated rings. The number of nitrogens with two attached hydrogens (primary N) is 1. The molecule has 2 rings (SSSR count). The molecule has 0 aliphatic rings. The summed E-state index contributed by atoms with van der Waals surface area (Å²) >= 11 is 8.38. The fraction of sp³-hybridized carbons (Fsp3) is 0.0714. The smallest absolute Gasteiger partial charge is 0.175 e. The Morgan fingerprint density at radius 3 is 2.33 bits per heavy atom. The zero-order chi connectivity index (χ0) is 15.6. The van der Waals surface area contributed by atoms with Crippen LogP contribution in [0, 0.1) is 0 Å². The van der Waals surface area contributed by atoms with Crippen molar-refractivity contribution in [3.8, 4) is 11.5 Å². The van der Waals surface area contributed by atoms with Crippen LogP contribution in [0.4, 0.5) is 0 Å². The van der Waals surface area contributed by atoms with Gasteiger partial charge in [0.25, 0.3) is 0 Å². The minimum Gasteiger partial charge on any atom is -0.457 e. The lowest BCUT2D eigenvalue weighted by Crippen LogP contribution is -2.11. The Morgan fingerprint density at radius 2 is 1.81 bits per heavy atom. The van der Waals surface area contributed by atoms with Crippen LogP contribution in [-0.2, 0) is 9.84 Å². The molecule has 110 valence electrons. The van der Waals surface area contributed by atoms with Crippen LogP contribution in [0.5, 0.6) is 11.5 Å². The summed E-state index contributed by atoms with van der Waals surface area (Å²) < 4.78 is 29.3. The van der Waals surface area contributed by atoms with Crippen LogP contribution in [0.1, 0.15) is 5.56 Å². The molecule has 2 aromatic rings. The van der Waals surface area contributed by atoms with E-state index in [9.17, 15) is 8.42 Å². The minimum absolute atomic E-state index is 0.213. The third-order valence-electron chi connectivity index (χ3n) is 2.70. The summed E-state index contributed by atoms with van der Waals surface area (Å²) in [4.78, 5) is 0.448. The maximum Gasteiger partial charge on any atom is 0.175 e. The normalized spacial score (nSPS) is 11.1. The van der Waals surface area contributed by atoms with Gasteiger partial charge in [0.05, 0.1) is 10.5 Å². The molecule has 2 aromatic carbocycles. The number of halogens is 1. The summed E-state index contributed by atoms with van der Waals surface area (Å²) in [5.41, 5.74) is 6.29. The minimum atomic E-state index is -3.22. The molecule has 0 saturated carbocycles. The van der Waals surface area contributed by atoms with Crippen LogP contribution >= 0.6 is 28.1 Å². The van der Waals surface area contributed by atoms with E-state index in [1.807, 2.05) is 6.07 Å². The summed E-state index contributed by atoms with van der Waals surface area (Å²) in [6, 6.07) is 11.5.